The van der Waals surface area contributed by atoms with E-state index in [4.69, 9.17) is 4.42 Å². The van der Waals surface area contributed by atoms with Crippen LogP contribution < -0.4 is 4.90 Å². The van der Waals surface area contributed by atoms with E-state index in [2.05, 4.69) is 26.1 Å². The number of amides is 1. The van der Waals surface area contributed by atoms with E-state index in [-0.39, 0.29) is 5.91 Å². The highest BCUT2D eigenvalue weighted by atomic mass is 79.9. The Morgan fingerprint density at radius 1 is 1.33 bits per heavy atom. The Kier molecular flexibility index (Phi) is 5.11. The van der Waals surface area contributed by atoms with Gasteiger partial charge in [-0.25, -0.2) is 0 Å². The van der Waals surface area contributed by atoms with Gasteiger partial charge in [0.1, 0.15) is 0 Å². The van der Waals surface area contributed by atoms with Gasteiger partial charge in [0.15, 0.2) is 0 Å². The first-order valence-electron chi connectivity index (χ1n) is 7.42. The second-order valence-electron chi connectivity index (χ2n) is 5.40. The highest BCUT2D eigenvalue weighted by Gasteiger charge is 2.15. The normalized spacial score (nSPS) is 10.8. The largest absolute Gasteiger partial charge is 0.421 e. The van der Waals surface area contributed by atoms with Crippen LogP contribution in [0.25, 0.3) is 11.5 Å². The molecule has 0 bridgehead atoms. The Morgan fingerprint density at radius 2 is 2.17 bits per heavy atom. The number of hydrogen-bond acceptors (Lipinski definition) is 5. The summed E-state index contributed by atoms with van der Waals surface area (Å²) in [5, 5.41) is 11.9. The fourth-order valence-corrected chi connectivity index (χ4v) is 3.47. The van der Waals surface area contributed by atoms with Crippen molar-refractivity contribution in [1.29, 1.82) is 0 Å². The maximum absolute atomic E-state index is 12.4. The number of thiophene rings is 1. The van der Waals surface area contributed by atoms with Crippen LogP contribution in [0.3, 0.4) is 0 Å². The Morgan fingerprint density at radius 3 is 2.88 bits per heavy atom. The van der Waals surface area contributed by atoms with Crippen molar-refractivity contribution in [3.63, 3.8) is 0 Å². The quantitative estimate of drug-likeness (QED) is 0.628. The molecule has 124 valence electrons. The number of carbonyl (C=O) groups is 1. The summed E-state index contributed by atoms with van der Waals surface area (Å²) in [4.78, 5) is 14.1. The number of anilines is 1. The molecule has 0 N–H and O–H groups in total. The minimum absolute atomic E-state index is 0.00991. The molecule has 0 radical (unpaired) electrons. The fourth-order valence-electron chi connectivity index (χ4n) is 2.37. The molecule has 3 aromatic rings. The van der Waals surface area contributed by atoms with Crippen LogP contribution >= 0.6 is 27.3 Å². The lowest BCUT2D eigenvalue weighted by Gasteiger charge is -2.19. The van der Waals surface area contributed by atoms with Crippen LogP contribution in [0.1, 0.15) is 17.9 Å². The van der Waals surface area contributed by atoms with Gasteiger partial charge < -0.3 is 9.32 Å². The third kappa shape index (κ3) is 3.73. The lowest BCUT2D eigenvalue weighted by atomic mass is 10.1. The molecule has 0 saturated heterocycles. The lowest BCUT2D eigenvalue weighted by molar-refractivity contribution is -0.118. The maximum atomic E-state index is 12.4. The maximum Gasteiger partial charge on any atom is 0.248 e. The van der Waals surface area contributed by atoms with Gasteiger partial charge in [-0.3, -0.25) is 4.79 Å². The summed E-state index contributed by atoms with van der Waals surface area (Å²) in [5.41, 5.74) is 2.85. The Hall–Kier alpha value is -1.99. The van der Waals surface area contributed by atoms with Gasteiger partial charge in [-0.05, 0) is 42.1 Å². The van der Waals surface area contributed by atoms with Gasteiger partial charge in [-0.2, -0.15) is 11.3 Å². The Labute approximate surface area is 152 Å². The summed E-state index contributed by atoms with van der Waals surface area (Å²) in [6.45, 7) is 1.98. The number of aryl methyl sites for hydroxylation is 2. The zero-order valence-corrected chi connectivity index (χ0v) is 15.7. The van der Waals surface area contributed by atoms with Gasteiger partial charge >= 0.3 is 0 Å². The average molecular weight is 406 g/mol. The van der Waals surface area contributed by atoms with Crippen molar-refractivity contribution in [3.05, 3.63) is 51.0 Å². The molecule has 5 nitrogen and oxygen atoms in total. The van der Waals surface area contributed by atoms with Crippen LogP contribution in [0.5, 0.6) is 0 Å². The third-order valence-electron chi connectivity index (χ3n) is 3.68. The van der Waals surface area contributed by atoms with Gasteiger partial charge in [-0.15, -0.1) is 10.2 Å². The van der Waals surface area contributed by atoms with Crippen LogP contribution in [-0.2, 0) is 11.2 Å². The van der Waals surface area contributed by atoms with E-state index in [9.17, 15) is 4.79 Å². The van der Waals surface area contributed by atoms with E-state index in [1.807, 2.05) is 41.9 Å². The van der Waals surface area contributed by atoms with E-state index in [0.717, 1.165) is 21.3 Å². The topological polar surface area (TPSA) is 59.2 Å². The molecule has 7 heteroatoms. The first-order chi connectivity index (χ1) is 11.5. The summed E-state index contributed by atoms with van der Waals surface area (Å²) in [6, 6.07) is 7.78. The SMILES string of the molecule is Cc1cc(Br)ccc1N(C)C(=O)CCc1nnc(-c2ccsc2)o1. The van der Waals surface area contributed by atoms with Crippen molar-refractivity contribution in [2.75, 3.05) is 11.9 Å². The molecular formula is C17H16BrN3O2S. The summed E-state index contributed by atoms with van der Waals surface area (Å²) < 4.78 is 6.61. The van der Waals surface area contributed by atoms with Gasteiger partial charge in [-0.1, -0.05) is 15.9 Å². The summed E-state index contributed by atoms with van der Waals surface area (Å²) in [7, 11) is 1.78. The highest BCUT2D eigenvalue weighted by molar-refractivity contribution is 9.10. The van der Waals surface area contributed by atoms with Crippen molar-refractivity contribution < 1.29 is 9.21 Å². The van der Waals surface area contributed by atoms with Crippen LogP contribution in [0.15, 0.2) is 43.9 Å². The van der Waals surface area contributed by atoms with Crippen LogP contribution in [0.2, 0.25) is 0 Å². The zero-order chi connectivity index (χ0) is 17.1. The smallest absolute Gasteiger partial charge is 0.248 e. The fraction of sp³-hybridized carbons (Fsp3) is 0.235. The summed E-state index contributed by atoms with van der Waals surface area (Å²) in [6.07, 6.45) is 0.743. The van der Waals surface area contributed by atoms with Crippen LogP contribution in [-0.4, -0.2) is 23.2 Å². The molecule has 3 rings (SSSR count). The molecule has 0 unspecified atom stereocenters. The van der Waals surface area contributed by atoms with Gasteiger partial charge in [0.2, 0.25) is 17.7 Å². The molecule has 0 atom stereocenters. The molecule has 2 aromatic heterocycles. The molecule has 0 aliphatic rings. The first-order valence-corrected chi connectivity index (χ1v) is 9.16. The number of rotatable bonds is 5. The van der Waals surface area contributed by atoms with Crippen LogP contribution in [0, 0.1) is 6.92 Å². The molecule has 0 saturated carbocycles. The molecule has 2 heterocycles. The predicted octanol–water partition coefficient (Wildman–Crippen LogP) is 4.46. The Balaban J connectivity index is 1.63. The number of hydrogen-bond donors (Lipinski definition) is 0. The van der Waals surface area contributed by atoms with E-state index < -0.39 is 0 Å². The second-order valence-corrected chi connectivity index (χ2v) is 7.09. The molecule has 0 spiro atoms. The van der Waals surface area contributed by atoms with Crippen molar-refractivity contribution in [1.82, 2.24) is 10.2 Å². The van der Waals surface area contributed by atoms with Crippen molar-refractivity contribution in [3.8, 4) is 11.5 Å². The molecule has 1 amide bonds. The van der Waals surface area contributed by atoms with Gasteiger partial charge in [0, 0.05) is 41.0 Å². The second kappa shape index (κ2) is 7.27. The van der Waals surface area contributed by atoms with E-state index in [1.54, 1.807) is 23.3 Å². The highest BCUT2D eigenvalue weighted by Crippen LogP contribution is 2.24. The number of carbonyl (C=O) groups excluding carboxylic acids is 1. The standard InChI is InChI=1S/C17H16BrN3O2S/c1-11-9-13(18)3-4-14(11)21(2)16(22)6-5-15-19-20-17(23-15)12-7-8-24-10-12/h3-4,7-10H,5-6H2,1-2H3. The monoisotopic (exact) mass is 405 g/mol. The summed E-state index contributed by atoms with van der Waals surface area (Å²) in [5.74, 6) is 0.983. The van der Waals surface area contributed by atoms with E-state index >= 15 is 0 Å². The average Bonchev–Trinajstić information content (AvgIpc) is 3.23. The van der Waals surface area contributed by atoms with Crippen molar-refractivity contribution in [2.45, 2.75) is 19.8 Å². The molecule has 24 heavy (non-hydrogen) atoms. The molecule has 0 aliphatic carbocycles. The summed E-state index contributed by atoms with van der Waals surface area (Å²) >= 11 is 5.01. The van der Waals surface area contributed by atoms with Crippen molar-refractivity contribution >= 4 is 38.9 Å². The number of benzene rings is 1. The van der Waals surface area contributed by atoms with E-state index in [1.165, 1.54) is 0 Å². The first kappa shape index (κ1) is 16.9. The predicted molar refractivity (Wildman–Crippen MR) is 98.2 cm³/mol. The number of halogens is 1. The molecular weight excluding hydrogens is 390 g/mol. The Bertz CT molecular complexity index is 845. The number of nitrogens with zero attached hydrogens (tertiary/aromatic N) is 3. The number of aromatic nitrogens is 2. The minimum atomic E-state index is 0.00991. The zero-order valence-electron chi connectivity index (χ0n) is 13.3. The third-order valence-corrected chi connectivity index (χ3v) is 4.86. The molecule has 0 fully saturated rings. The van der Waals surface area contributed by atoms with Crippen molar-refractivity contribution in [2.24, 2.45) is 0 Å². The van der Waals surface area contributed by atoms with Gasteiger partial charge in [0.25, 0.3) is 0 Å². The minimum Gasteiger partial charge on any atom is -0.421 e. The van der Waals surface area contributed by atoms with Crippen LogP contribution in [0.4, 0.5) is 5.69 Å². The van der Waals surface area contributed by atoms with E-state index in [0.29, 0.717) is 24.6 Å². The molecule has 0 aliphatic heterocycles. The molecule has 1 aromatic carbocycles. The van der Waals surface area contributed by atoms with Gasteiger partial charge in [0.05, 0.1) is 0 Å². The lowest BCUT2D eigenvalue weighted by Crippen LogP contribution is -2.27.